The second-order valence-corrected chi connectivity index (χ2v) is 12.4. The SMILES string of the molecule is CO[Si](C)(C)C.CO[Si](C)(C)OC. The first-order valence-electron chi connectivity index (χ1n) is 4.34. The summed E-state index contributed by atoms with van der Waals surface area (Å²) in [6, 6.07) is 0. The first-order chi connectivity index (χ1) is 5.68. The molecule has 0 aromatic heterocycles. The predicted octanol–water partition coefficient (Wildman–Crippen LogP) is 2.45. The van der Waals surface area contributed by atoms with Crippen molar-refractivity contribution >= 4 is 16.9 Å². The van der Waals surface area contributed by atoms with Gasteiger partial charge in [0.1, 0.15) is 0 Å². The quantitative estimate of drug-likeness (QED) is 0.689. The van der Waals surface area contributed by atoms with E-state index < -0.39 is 16.9 Å². The summed E-state index contributed by atoms with van der Waals surface area (Å²) in [7, 11) is 2.34. The molecule has 3 nitrogen and oxygen atoms in total. The zero-order valence-corrected chi connectivity index (χ0v) is 12.2. The van der Waals surface area contributed by atoms with Gasteiger partial charge < -0.3 is 13.3 Å². The van der Waals surface area contributed by atoms with Gasteiger partial charge in [-0.25, -0.2) is 0 Å². The fourth-order valence-electron chi connectivity index (χ4n) is 0.0833. The molecule has 0 unspecified atom stereocenters. The summed E-state index contributed by atoms with van der Waals surface area (Å²) in [6.07, 6.45) is 0. The highest BCUT2D eigenvalue weighted by Crippen LogP contribution is 2.00. The van der Waals surface area contributed by atoms with E-state index in [1.54, 1.807) is 21.3 Å². The smallest absolute Gasteiger partial charge is 0.331 e. The van der Waals surface area contributed by atoms with Gasteiger partial charge >= 0.3 is 8.56 Å². The number of hydrogen-bond donors (Lipinski definition) is 0. The van der Waals surface area contributed by atoms with Crippen molar-refractivity contribution in [3.05, 3.63) is 0 Å². The molecule has 0 heterocycles. The van der Waals surface area contributed by atoms with Crippen molar-refractivity contribution in [1.82, 2.24) is 0 Å². The van der Waals surface area contributed by atoms with Crippen LogP contribution in [-0.4, -0.2) is 38.2 Å². The maximum atomic E-state index is 5.08. The maximum Gasteiger partial charge on any atom is 0.331 e. The van der Waals surface area contributed by atoms with Crippen molar-refractivity contribution < 1.29 is 13.3 Å². The zero-order chi connectivity index (χ0) is 11.1. The summed E-state index contributed by atoms with van der Waals surface area (Å²) in [4.78, 5) is 0. The third-order valence-electron chi connectivity index (χ3n) is 1.60. The van der Waals surface area contributed by atoms with Crippen LogP contribution in [0.2, 0.25) is 32.7 Å². The first-order valence-corrected chi connectivity index (χ1v) is 10.6. The van der Waals surface area contributed by atoms with Crippen LogP contribution in [0.5, 0.6) is 0 Å². The highest BCUT2D eigenvalue weighted by molar-refractivity contribution is 6.69. The predicted molar refractivity (Wildman–Crippen MR) is 61.9 cm³/mol. The Hall–Kier alpha value is 0.314. The molecule has 0 saturated carbocycles. The van der Waals surface area contributed by atoms with E-state index >= 15 is 0 Å². The highest BCUT2D eigenvalue weighted by Gasteiger charge is 2.19. The molecule has 0 radical (unpaired) electrons. The van der Waals surface area contributed by atoms with Gasteiger partial charge in [0.2, 0.25) is 0 Å². The van der Waals surface area contributed by atoms with Crippen LogP contribution in [-0.2, 0) is 13.3 Å². The molecule has 0 fully saturated rings. The van der Waals surface area contributed by atoms with E-state index in [4.69, 9.17) is 13.3 Å². The van der Waals surface area contributed by atoms with Crippen LogP contribution in [0.25, 0.3) is 0 Å². The van der Waals surface area contributed by atoms with Crippen LogP contribution in [0.1, 0.15) is 0 Å². The van der Waals surface area contributed by atoms with Crippen molar-refractivity contribution in [2.24, 2.45) is 0 Å². The molecule has 13 heavy (non-hydrogen) atoms. The largest absolute Gasteiger partial charge is 0.421 e. The van der Waals surface area contributed by atoms with Gasteiger partial charge in [0.05, 0.1) is 0 Å². The number of hydrogen-bond acceptors (Lipinski definition) is 3. The molecule has 5 heteroatoms. The van der Waals surface area contributed by atoms with Gasteiger partial charge in [-0.1, -0.05) is 0 Å². The van der Waals surface area contributed by atoms with E-state index in [0.29, 0.717) is 0 Å². The lowest BCUT2D eigenvalue weighted by Crippen LogP contribution is -2.31. The fourth-order valence-corrected chi connectivity index (χ4v) is 0.250. The van der Waals surface area contributed by atoms with Gasteiger partial charge in [-0.15, -0.1) is 0 Å². The minimum absolute atomic E-state index is 1.13. The van der Waals surface area contributed by atoms with Gasteiger partial charge in [0, 0.05) is 21.3 Å². The highest BCUT2D eigenvalue weighted by atomic mass is 28.4. The summed E-state index contributed by atoms with van der Waals surface area (Å²) in [5.74, 6) is 0. The molecule has 0 amide bonds. The van der Waals surface area contributed by atoms with E-state index in [0.717, 1.165) is 0 Å². The Labute approximate surface area is 84.8 Å². The fraction of sp³-hybridized carbons (Fsp3) is 1.00. The minimum atomic E-state index is -1.65. The van der Waals surface area contributed by atoms with Crippen LogP contribution in [0.3, 0.4) is 0 Å². The molecule has 82 valence electrons. The standard InChI is InChI=1S/C4H12O2Si.C4H12OSi/c1-5-7(3,4)6-2;1-5-6(2,3)4/h1-4H3;1-4H3. The van der Waals surface area contributed by atoms with Gasteiger partial charge in [-0.3, -0.25) is 0 Å². The van der Waals surface area contributed by atoms with E-state index in [1.807, 2.05) is 13.1 Å². The van der Waals surface area contributed by atoms with Gasteiger partial charge in [0.15, 0.2) is 8.32 Å². The molecule has 0 rings (SSSR count). The Bertz CT molecular complexity index is 115. The minimum Gasteiger partial charge on any atom is -0.421 e. The lowest BCUT2D eigenvalue weighted by molar-refractivity contribution is 0.258. The average Bonchev–Trinajstić information content (AvgIpc) is 2.04. The third-order valence-corrected chi connectivity index (χ3v) is 4.79. The van der Waals surface area contributed by atoms with Gasteiger partial charge in [0.25, 0.3) is 0 Å². The van der Waals surface area contributed by atoms with Crippen molar-refractivity contribution in [3.63, 3.8) is 0 Å². The second-order valence-electron chi connectivity index (χ2n) is 4.12. The number of rotatable bonds is 3. The summed E-state index contributed by atoms with van der Waals surface area (Å²) < 4.78 is 15.1. The molecule has 0 atom stereocenters. The lowest BCUT2D eigenvalue weighted by atomic mass is 11.8. The van der Waals surface area contributed by atoms with Crippen LogP contribution in [0, 0.1) is 0 Å². The Balaban J connectivity index is 0. The van der Waals surface area contributed by atoms with Crippen LogP contribution < -0.4 is 0 Å². The molecular weight excluding hydrogens is 200 g/mol. The molecule has 0 aliphatic heterocycles. The van der Waals surface area contributed by atoms with E-state index in [1.165, 1.54) is 0 Å². The molecular formula is C8H24O3Si2. The summed E-state index contributed by atoms with van der Waals surface area (Å²) in [6.45, 7) is 10.5. The molecule has 0 saturated heterocycles. The Morgan fingerprint density at radius 3 is 0.846 bits per heavy atom. The molecule has 0 aliphatic carbocycles. The Kier molecular flexibility index (Phi) is 8.15. The molecule has 0 N–H and O–H groups in total. The van der Waals surface area contributed by atoms with E-state index in [-0.39, 0.29) is 0 Å². The summed E-state index contributed by atoms with van der Waals surface area (Å²) in [5.41, 5.74) is 0. The van der Waals surface area contributed by atoms with E-state index in [2.05, 4.69) is 19.6 Å². The molecule has 0 aromatic carbocycles. The first kappa shape index (κ1) is 15.8. The summed E-state index contributed by atoms with van der Waals surface area (Å²) >= 11 is 0. The van der Waals surface area contributed by atoms with Crippen LogP contribution >= 0.6 is 0 Å². The van der Waals surface area contributed by atoms with Crippen molar-refractivity contribution in [1.29, 1.82) is 0 Å². The average molecular weight is 224 g/mol. The van der Waals surface area contributed by atoms with E-state index in [9.17, 15) is 0 Å². The molecule has 0 bridgehead atoms. The molecule has 0 aliphatic rings. The zero-order valence-electron chi connectivity index (χ0n) is 10.2. The topological polar surface area (TPSA) is 27.7 Å². The monoisotopic (exact) mass is 224 g/mol. The lowest BCUT2D eigenvalue weighted by Gasteiger charge is -2.15. The van der Waals surface area contributed by atoms with Crippen molar-refractivity contribution in [3.8, 4) is 0 Å². The van der Waals surface area contributed by atoms with Gasteiger partial charge in [-0.05, 0) is 32.7 Å². The Morgan fingerprint density at radius 2 is 0.846 bits per heavy atom. The Morgan fingerprint density at radius 1 is 0.615 bits per heavy atom. The molecule has 0 spiro atoms. The summed E-state index contributed by atoms with van der Waals surface area (Å²) in [5, 5.41) is 0. The van der Waals surface area contributed by atoms with Crippen molar-refractivity contribution in [2.75, 3.05) is 21.3 Å². The van der Waals surface area contributed by atoms with Gasteiger partial charge in [-0.2, -0.15) is 0 Å². The normalized spacial score (nSPS) is 12.0. The third kappa shape index (κ3) is 15.1. The molecule has 0 aromatic rings. The van der Waals surface area contributed by atoms with Crippen LogP contribution in [0.4, 0.5) is 0 Å². The van der Waals surface area contributed by atoms with Crippen molar-refractivity contribution in [2.45, 2.75) is 32.7 Å². The van der Waals surface area contributed by atoms with Crippen LogP contribution in [0.15, 0.2) is 0 Å². The maximum absolute atomic E-state index is 5.08. The second kappa shape index (κ2) is 6.72.